The number of amides is 1. The fourth-order valence-electron chi connectivity index (χ4n) is 2.33. The number of esters is 1. The lowest BCUT2D eigenvalue weighted by atomic mass is 10.0. The molecule has 0 aliphatic carbocycles. The van der Waals surface area contributed by atoms with E-state index in [1.807, 2.05) is 56.3 Å². The molecule has 4 nitrogen and oxygen atoms in total. The standard InChI is InChI=1S/C20H22ClNO3/c1-14-3-4-17(11-15(14)2)12-20(24)25-13-19(23)22-10-9-16-5-7-18(21)8-6-16/h3-8,11H,9-10,12-13H2,1-2H3,(H,22,23). The summed E-state index contributed by atoms with van der Waals surface area (Å²) in [6.07, 6.45) is 0.860. The van der Waals surface area contributed by atoms with Crippen LogP contribution in [0.3, 0.4) is 0 Å². The van der Waals surface area contributed by atoms with Crippen LogP contribution in [0, 0.1) is 13.8 Å². The summed E-state index contributed by atoms with van der Waals surface area (Å²) in [5.74, 6) is -0.710. The van der Waals surface area contributed by atoms with Crippen molar-refractivity contribution in [1.29, 1.82) is 0 Å². The number of ether oxygens (including phenoxy) is 1. The number of rotatable bonds is 7. The van der Waals surface area contributed by atoms with Crippen molar-refractivity contribution in [2.45, 2.75) is 26.7 Å². The van der Waals surface area contributed by atoms with E-state index < -0.39 is 5.97 Å². The average Bonchev–Trinajstić information content (AvgIpc) is 2.58. The molecular weight excluding hydrogens is 338 g/mol. The Kier molecular flexibility index (Phi) is 7.02. The van der Waals surface area contributed by atoms with Crippen LogP contribution in [0.25, 0.3) is 0 Å². The first-order chi connectivity index (χ1) is 11.9. The lowest BCUT2D eigenvalue weighted by Crippen LogP contribution is -2.30. The fourth-order valence-corrected chi connectivity index (χ4v) is 2.45. The zero-order valence-electron chi connectivity index (χ0n) is 14.5. The molecule has 25 heavy (non-hydrogen) atoms. The molecule has 0 aliphatic rings. The van der Waals surface area contributed by atoms with Gasteiger partial charge in [0.1, 0.15) is 0 Å². The van der Waals surface area contributed by atoms with Gasteiger partial charge in [0.2, 0.25) is 0 Å². The van der Waals surface area contributed by atoms with Crippen molar-refractivity contribution in [2.75, 3.05) is 13.2 Å². The number of aryl methyl sites for hydroxylation is 2. The quantitative estimate of drug-likeness (QED) is 0.771. The fraction of sp³-hybridized carbons (Fsp3) is 0.300. The third-order valence-corrected chi connectivity index (χ3v) is 4.19. The average molecular weight is 360 g/mol. The molecule has 0 radical (unpaired) electrons. The highest BCUT2D eigenvalue weighted by Crippen LogP contribution is 2.11. The van der Waals surface area contributed by atoms with E-state index in [1.54, 1.807) is 0 Å². The second-order valence-corrected chi connectivity index (χ2v) is 6.42. The van der Waals surface area contributed by atoms with Crippen molar-refractivity contribution < 1.29 is 14.3 Å². The first-order valence-corrected chi connectivity index (χ1v) is 8.55. The molecule has 1 N–H and O–H groups in total. The number of halogens is 1. The molecule has 0 unspecified atom stereocenters. The Balaban J connectivity index is 1.67. The maximum Gasteiger partial charge on any atom is 0.310 e. The molecule has 0 saturated heterocycles. The Morgan fingerprint density at radius 2 is 1.68 bits per heavy atom. The summed E-state index contributed by atoms with van der Waals surface area (Å²) in [6.45, 7) is 4.24. The second kappa shape index (κ2) is 9.23. The Labute approximate surface area is 153 Å². The molecule has 0 aromatic heterocycles. The molecule has 2 rings (SSSR count). The summed E-state index contributed by atoms with van der Waals surface area (Å²) < 4.78 is 5.03. The molecule has 0 saturated carbocycles. The van der Waals surface area contributed by atoms with Gasteiger partial charge in [-0.2, -0.15) is 0 Å². The maximum atomic E-state index is 11.8. The van der Waals surface area contributed by atoms with Crippen LogP contribution in [-0.2, 0) is 27.2 Å². The van der Waals surface area contributed by atoms with Gasteiger partial charge in [0.15, 0.2) is 6.61 Å². The first-order valence-electron chi connectivity index (χ1n) is 8.17. The third-order valence-electron chi connectivity index (χ3n) is 3.93. The topological polar surface area (TPSA) is 55.4 Å². The molecule has 132 valence electrons. The second-order valence-electron chi connectivity index (χ2n) is 5.98. The number of hydrogen-bond donors (Lipinski definition) is 1. The van der Waals surface area contributed by atoms with Gasteiger partial charge in [-0.1, -0.05) is 41.9 Å². The van der Waals surface area contributed by atoms with E-state index in [2.05, 4.69) is 5.32 Å². The summed E-state index contributed by atoms with van der Waals surface area (Å²) in [4.78, 5) is 23.6. The zero-order valence-corrected chi connectivity index (χ0v) is 15.2. The highest BCUT2D eigenvalue weighted by atomic mass is 35.5. The minimum Gasteiger partial charge on any atom is -0.455 e. The van der Waals surface area contributed by atoms with Crippen LogP contribution < -0.4 is 5.32 Å². The van der Waals surface area contributed by atoms with Crippen LogP contribution in [0.5, 0.6) is 0 Å². The van der Waals surface area contributed by atoms with Crippen LogP contribution in [-0.4, -0.2) is 25.0 Å². The zero-order chi connectivity index (χ0) is 18.2. The lowest BCUT2D eigenvalue weighted by Gasteiger charge is -2.08. The third kappa shape index (κ3) is 6.59. The van der Waals surface area contributed by atoms with Gasteiger partial charge in [-0.25, -0.2) is 0 Å². The number of benzene rings is 2. The van der Waals surface area contributed by atoms with Gasteiger partial charge in [0.05, 0.1) is 6.42 Å². The van der Waals surface area contributed by atoms with Gasteiger partial charge >= 0.3 is 5.97 Å². The Morgan fingerprint density at radius 3 is 2.36 bits per heavy atom. The summed E-state index contributed by atoms with van der Waals surface area (Å²) >= 11 is 5.82. The smallest absolute Gasteiger partial charge is 0.310 e. The minimum absolute atomic E-state index is 0.166. The molecule has 1 amide bonds. The SMILES string of the molecule is Cc1ccc(CC(=O)OCC(=O)NCCc2ccc(Cl)cc2)cc1C. The molecule has 0 heterocycles. The lowest BCUT2D eigenvalue weighted by molar-refractivity contribution is -0.147. The van der Waals surface area contributed by atoms with Crippen LogP contribution in [0.4, 0.5) is 0 Å². The first kappa shape index (κ1) is 19.0. The van der Waals surface area contributed by atoms with Gasteiger partial charge in [-0.05, 0) is 54.7 Å². The molecule has 0 spiro atoms. The maximum absolute atomic E-state index is 11.8. The molecule has 2 aromatic rings. The normalized spacial score (nSPS) is 10.4. The van der Waals surface area contributed by atoms with E-state index in [9.17, 15) is 9.59 Å². The Hall–Kier alpha value is -2.33. The van der Waals surface area contributed by atoms with Crippen molar-refractivity contribution >= 4 is 23.5 Å². The summed E-state index contributed by atoms with van der Waals surface area (Å²) in [6, 6.07) is 13.3. The predicted molar refractivity (Wildman–Crippen MR) is 98.7 cm³/mol. The van der Waals surface area contributed by atoms with Gasteiger partial charge in [0, 0.05) is 11.6 Å². The van der Waals surface area contributed by atoms with E-state index in [1.165, 1.54) is 5.56 Å². The van der Waals surface area contributed by atoms with E-state index in [4.69, 9.17) is 16.3 Å². The van der Waals surface area contributed by atoms with Crippen molar-refractivity contribution in [2.24, 2.45) is 0 Å². The molecule has 2 aromatic carbocycles. The van der Waals surface area contributed by atoms with Gasteiger partial charge < -0.3 is 10.1 Å². The minimum atomic E-state index is -0.406. The molecule has 0 bridgehead atoms. The Bertz CT molecular complexity index is 741. The predicted octanol–water partition coefficient (Wildman–Crippen LogP) is 3.40. The number of carbonyl (C=O) groups excluding carboxylic acids is 2. The van der Waals surface area contributed by atoms with Gasteiger partial charge in [-0.15, -0.1) is 0 Å². The van der Waals surface area contributed by atoms with Crippen molar-refractivity contribution in [3.63, 3.8) is 0 Å². The van der Waals surface area contributed by atoms with E-state index >= 15 is 0 Å². The van der Waals surface area contributed by atoms with E-state index in [0.29, 0.717) is 18.0 Å². The summed E-state index contributed by atoms with van der Waals surface area (Å²) in [5.41, 5.74) is 4.27. The number of nitrogens with one attached hydrogen (secondary N) is 1. The van der Waals surface area contributed by atoms with Crippen LogP contribution in [0.15, 0.2) is 42.5 Å². The summed E-state index contributed by atoms with van der Waals surface area (Å²) in [5, 5.41) is 3.42. The van der Waals surface area contributed by atoms with Crippen LogP contribution in [0.2, 0.25) is 5.02 Å². The number of carbonyl (C=O) groups is 2. The van der Waals surface area contributed by atoms with Crippen LogP contribution >= 0.6 is 11.6 Å². The molecule has 0 aliphatic heterocycles. The van der Waals surface area contributed by atoms with Crippen molar-refractivity contribution in [3.8, 4) is 0 Å². The molecule has 0 fully saturated rings. The van der Waals surface area contributed by atoms with Gasteiger partial charge in [0.25, 0.3) is 5.91 Å². The molecule has 0 atom stereocenters. The van der Waals surface area contributed by atoms with Crippen molar-refractivity contribution in [3.05, 3.63) is 69.7 Å². The molecule has 5 heteroatoms. The van der Waals surface area contributed by atoms with E-state index in [-0.39, 0.29) is 18.9 Å². The Morgan fingerprint density at radius 1 is 1.00 bits per heavy atom. The van der Waals surface area contributed by atoms with Gasteiger partial charge in [-0.3, -0.25) is 9.59 Å². The van der Waals surface area contributed by atoms with Crippen molar-refractivity contribution in [1.82, 2.24) is 5.32 Å². The summed E-state index contributed by atoms with van der Waals surface area (Å²) in [7, 11) is 0. The van der Waals surface area contributed by atoms with E-state index in [0.717, 1.165) is 16.7 Å². The largest absolute Gasteiger partial charge is 0.455 e. The highest BCUT2D eigenvalue weighted by molar-refractivity contribution is 6.30. The molecular formula is C20H22ClNO3. The monoisotopic (exact) mass is 359 g/mol. The van der Waals surface area contributed by atoms with Crippen LogP contribution in [0.1, 0.15) is 22.3 Å². The number of hydrogen-bond acceptors (Lipinski definition) is 3. The highest BCUT2D eigenvalue weighted by Gasteiger charge is 2.09.